The Bertz CT molecular complexity index is 1710. The average molecular weight is 629 g/mol. The summed E-state index contributed by atoms with van der Waals surface area (Å²) in [6.07, 6.45) is -4.40. The quantitative estimate of drug-likeness (QED) is 0.186. The van der Waals surface area contributed by atoms with Gasteiger partial charge in [0, 0.05) is 0 Å². The van der Waals surface area contributed by atoms with Crippen LogP contribution in [-0.4, -0.2) is 78.5 Å². The Balaban J connectivity index is 1.56. The fourth-order valence-electron chi connectivity index (χ4n) is 4.78. The number of benzene rings is 3. The van der Waals surface area contributed by atoms with Gasteiger partial charge in [0.15, 0.2) is 29.8 Å². The van der Waals surface area contributed by atoms with Crippen molar-refractivity contribution < 1.29 is 52.4 Å². The largest absolute Gasteiger partial charge is 0.464 e. The summed E-state index contributed by atoms with van der Waals surface area (Å²) in [5.74, 6) is -4.22. The molecule has 13 nitrogen and oxygen atoms in total. The first-order chi connectivity index (χ1) is 22.3. The van der Waals surface area contributed by atoms with Crippen molar-refractivity contribution in [3.63, 3.8) is 0 Å². The van der Waals surface area contributed by atoms with Gasteiger partial charge in [0.25, 0.3) is 0 Å². The third kappa shape index (κ3) is 6.79. The number of hydrogen-bond donors (Lipinski definition) is 0. The molecule has 2 heterocycles. The first-order valence-electron chi connectivity index (χ1n) is 14.0. The highest BCUT2D eigenvalue weighted by atomic mass is 16.7. The molecule has 0 aliphatic carbocycles. The van der Waals surface area contributed by atoms with Crippen LogP contribution in [0, 0.1) is 0 Å². The number of rotatable bonds is 10. The van der Waals surface area contributed by atoms with Crippen LogP contribution in [-0.2, 0) is 28.4 Å². The maximum absolute atomic E-state index is 13.4. The van der Waals surface area contributed by atoms with E-state index in [1.165, 1.54) is 24.3 Å². The Labute approximate surface area is 262 Å². The molecule has 0 N–H and O–H groups in total. The number of esters is 5. The molecule has 13 heteroatoms. The topological polar surface area (TPSA) is 159 Å². The van der Waals surface area contributed by atoms with Crippen LogP contribution >= 0.6 is 0 Å². The van der Waals surface area contributed by atoms with Gasteiger partial charge >= 0.3 is 29.8 Å². The predicted octanol–water partition coefficient (Wildman–Crippen LogP) is 3.66. The van der Waals surface area contributed by atoms with Crippen LogP contribution in [0.5, 0.6) is 0 Å². The molecule has 0 spiro atoms. The zero-order valence-corrected chi connectivity index (χ0v) is 24.6. The molecule has 236 valence electrons. The summed E-state index contributed by atoms with van der Waals surface area (Å²) in [4.78, 5) is 69.0. The maximum Gasteiger partial charge on any atom is 0.359 e. The lowest BCUT2D eigenvalue weighted by atomic mass is 10.1. The summed E-state index contributed by atoms with van der Waals surface area (Å²) in [7, 11) is 2.20. The Morgan fingerprint density at radius 1 is 0.652 bits per heavy atom. The van der Waals surface area contributed by atoms with E-state index in [4.69, 9.17) is 28.4 Å². The minimum Gasteiger partial charge on any atom is -0.464 e. The first-order valence-corrected chi connectivity index (χ1v) is 14.0. The molecule has 1 aliphatic rings. The lowest BCUT2D eigenvalue weighted by Gasteiger charge is -2.25. The third-order valence-corrected chi connectivity index (χ3v) is 7.00. The monoisotopic (exact) mass is 628 g/mol. The van der Waals surface area contributed by atoms with Crippen LogP contribution < -0.4 is 0 Å². The fourth-order valence-corrected chi connectivity index (χ4v) is 4.78. The van der Waals surface area contributed by atoms with Crippen molar-refractivity contribution in [1.82, 2.24) is 9.55 Å². The molecule has 4 atom stereocenters. The van der Waals surface area contributed by atoms with E-state index in [0.717, 1.165) is 25.1 Å². The van der Waals surface area contributed by atoms with Gasteiger partial charge in [-0.3, -0.25) is 4.57 Å². The first kappa shape index (κ1) is 31.6. The van der Waals surface area contributed by atoms with Crippen LogP contribution in [0.1, 0.15) is 58.3 Å². The van der Waals surface area contributed by atoms with Crippen molar-refractivity contribution in [3.8, 4) is 0 Å². The van der Waals surface area contributed by atoms with E-state index in [-0.39, 0.29) is 22.4 Å². The highest BCUT2D eigenvalue weighted by Gasteiger charge is 2.52. The normalized spacial score (nSPS) is 18.7. The van der Waals surface area contributed by atoms with Crippen LogP contribution in [0.25, 0.3) is 0 Å². The number of imidazole rings is 1. The summed E-state index contributed by atoms with van der Waals surface area (Å²) in [6, 6.07) is 24.2. The van der Waals surface area contributed by atoms with Gasteiger partial charge < -0.3 is 28.4 Å². The molecule has 0 amide bonds. The smallest absolute Gasteiger partial charge is 0.359 e. The van der Waals surface area contributed by atoms with E-state index in [9.17, 15) is 24.0 Å². The molecule has 1 fully saturated rings. The zero-order chi connectivity index (χ0) is 32.6. The van der Waals surface area contributed by atoms with Crippen molar-refractivity contribution in [2.75, 3.05) is 20.8 Å². The molecule has 46 heavy (non-hydrogen) atoms. The fraction of sp³-hybridized carbons (Fsp3) is 0.212. The van der Waals surface area contributed by atoms with E-state index < -0.39 is 66.7 Å². The van der Waals surface area contributed by atoms with Crippen molar-refractivity contribution in [3.05, 3.63) is 125 Å². The number of hydrogen-bond acceptors (Lipinski definition) is 12. The summed E-state index contributed by atoms with van der Waals surface area (Å²) in [5.41, 5.74) is -0.169. The Morgan fingerprint density at radius 3 is 1.63 bits per heavy atom. The Morgan fingerprint density at radius 2 is 1.13 bits per heavy atom. The Kier molecular flexibility index (Phi) is 9.83. The van der Waals surface area contributed by atoms with Gasteiger partial charge in [-0.2, -0.15) is 0 Å². The standard InChI is InChI=1S/C33H28N2O11/c1-41-32(39)24-25(33(40)42-2)35(19-34-24)28-27(46-31(38)22-16-10-5-11-17-22)26(45-30(37)21-14-8-4-9-15-21)23(44-28)18-43-29(36)20-12-6-3-7-13-20/h3-17,19,23,26-28H,18H2,1-2H3/t23-,26-,27-,28-/m1/s1. The summed E-state index contributed by atoms with van der Waals surface area (Å²) >= 11 is 0. The van der Waals surface area contributed by atoms with E-state index in [0.29, 0.717) is 0 Å². The molecule has 3 aromatic carbocycles. The number of nitrogens with zero attached hydrogens (tertiary/aromatic N) is 2. The van der Waals surface area contributed by atoms with E-state index in [1.54, 1.807) is 66.7 Å². The molecule has 0 bridgehead atoms. The summed E-state index contributed by atoms with van der Waals surface area (Å²) in [5, 5.41) is 0. The molecule has 1 aliphatic heterocycles. The van der Waals surface area contributed by atoms with Gasteiger partial charge in [-0.15, -0.1) is 0 Å². The van der Waals surface area contributed by atoms with Crippen LogP contribution in [0.2, 0.25) is 0 Å². The zero-order valence-electron chi connectivity index (χ0n) is 24.6. The highest BCUT2D eigenvalue weighted by Crippen LogP contribution is 2.37. The lowest BCUT2D eigenvalue weighted by molar-refractivity contribution is -0.0630. The highest BCUT2D eigenvalue weighted by molar-refractivity contribution is 6.00. The van der Waals surface area contributed by atoms with Gasteiger partial charge in [0.05, 0.1) is 37.2 Å². The maximum atomic E-state index is 13.4. The van der Waals surface area contributed by atoms with Crippen molar-refractivity contribution >= 4 is 29.8 Å². The molecule has 0 radical (unpaired) electrons. The van der Waals surface area contributed by atoms with E-state index in [2.05, 4.69) is 4.98 Å². The molecule has 1 saturated heterocycles. The predicted molar refractivity (Wildman–Crippen MR) is 157 cm³/mol. The van der Waals surface area contributed by atoms with Gasteiger partial charge in [-0.25, -0.2) is 29.0 Å². The van der Waals surface area contributed by atoms with Crippen LogP contribution in [0.3, 0.4) is 0 Å². The lowest BCUT2D eigenvalue weighted by Crippen LogP contribution is -2.41. The van der Waals surface area contributed by atoms with Crippen molar-refractivity contribution in [2.24, 2.45) is 0 Å². The molecule has 1 aromatic heterocycles. The minimum atomic E-state index is -1.45. The number of carbonyl (C=O) groups excluding carboxylic acids is 5. The molecular formula is C33H28N2O11. The number of carbonyl (C=O) groups is 5. The van der Waals surface area contributed by atoms with E-state index in [1.807, 2.05) is 0 Å². The summed E-state index contributed by atoms with van der Waals surface area (Å²) < 4.78 is 34.3. The van der Waals surface area contributed by atoms with Gasteiger partial charge in [0.1, 0.15) is 12.7 Å². The Hall–Kier alpha value is -5.82. The van der Waals surface area contributed by atoms with Crippen molar-refractivity contribution in [1.29, 1.82) is 0 Å². The van der Waals surface area contributed by atoms with E-state index >= 15 is 0 Å². The minimum absolute atomic E-state index is 0.169. The van der Waals surface area contributed by atoms with Crippen molar-refractivity contribution in [2.45, 2.75) is 24.5 Å². The van der Waals surface area contributed by atoms with Crippen LogP contribution in [0.4, 0.5) is 0 Å². The number of methoxy groups -OCH3 is 2. The second-order valence-electron chi connectivity index (χ2n) is 9.83. The number of aromatic nitrogens is 2. The SMILES string of the molecule is COC(=O)c1ncn([C@@H]2O[C@H](COC(=O)c3ccccc3)[C@@H](OC(=O)c3ccccc3)[C@H]2OC(=O)c2ccccc2)c1C(=O)OC. The third-order valence-electron chi connectivity index (χ3n) is 7.00. The second-order valence-corrected chi connectivity index (χ2v) is 9.83. The molecule has 0 saturated carbocycles. The van der Waals surface area contributed by atoms with Gasteiger partial charge in [0.2, 0.25) is 0 Å². The second kappa shape index (κ2) is 14.3. The molecule has 4 aromatic rings. The summed E-state index contributed by atoms with van der Waals surface area (Å²) in [6.45, 7) is -0.456. The molecule has 0 unspecified atom stereocenters. The van der Waals surface area contributed by atoms with Gasteiger partial charge in [-0.1, -0.05) is 54.6 Å². The van der Waals surface area contributed by atoms with Gasteiger partial charge in [-0.05, 0) is 36.4 Å². The van der Waals surface area contributed by atoms with Crippen LogP contribution in [0.15, 0.2) is 97.3 Å². The molecule has 5 rings (SSSR count). The number of ether oxygens (including phenoxy) is 6. The molecular weight excluding hydrogens is 600 g/mol. The average Bonchev–Trinajstić information content (AvgIpc) is 3.69.